The van der Waals surface area contributed by atoms with Crippen LogP contribution in [0.2, 0.25) is 0 Å². The van der Waals surface area contributed by atoms with Crippen LogP contribution in [0.5, 0.6) is 0 Å². The maximum absolute atomic E-state index is 5.49. The highest BCUT2D eigenvalue weighted by molar-refractivity contribution is 6.17. The highest BCUT2D eigenvalue weighted by Crippen LogP contribution is 1.98. The van der Waals surface area contributed by atoms with Crippen molar-refractivity contribution in [3.8, 4) is 0 Å². The molecule has 7 heteroatoms. The van der Waals surface area contributed by atoms with Crippen molar-refractivity contribution in [3.05, 3.63) is 0 Å². The van der Waals surface area contributed by atoms with E-state index in [1.54, 1.807) is 0 Å². The number of hydrogen-bond donors (Lipinski definition) is 0. The van der Waals surface area contributed by atoms with Gasteiger partial charge in [-0.15, -0.1) is 11.6 Å². The summed E-state index contributed by atoms with van der Waals surface area (Å²) >= 11 is 5.48. The normalized spacial score (nSPS) is 11.3. The lowest BCUT2D eigenvalue weighted by atomic mass is 10.2. The molecule has 0 unspecified atom stereocenters. The molecule has 0 aliphatic carbocycles. The lowest BCUT2D eigenvalue weighted by Crippen LogP contribution is -2.14. The minimum absolute atomic E-state index is 0.515. The molecule has 0 rings (SSSR count). The highest BCUT2D eigenvalue weighted by atomic mass is 35.5. The molecular formula is C18H37ClO6. The summed E-state index contributed by atoms with van der Waals surface area (Å²) in [6, 6.07) is 0. The van der Waals surface area contributed by atoms with E-state index in [0.29, 0.717) is 78.6 Å². The van der Waals surface area contributed by atoms with Gasteiger partial charge in [0, 0.05) is 12.5 Å². The number of alkyl halides is 1. The van der Waals surface area contributed by atoms with Crippen LogP contribution in [0.25, 0.3) is 0 Å². The molecule has 25 heavy (non-hydrogen) atoms. The van der Waals surface area contributed by atoms with Gasteiger partial charge in [0.15, 0.2) is 0 Å². The largest absolute Gasteiger partial charge is 0.379 e. The summed E-state index contributed by atoms with van der Waals surface area (Å²) in [6.07, 6.45) is 4.94. The van der Waals surface area contributed by atoms with Crippen LogP contribution < -0.4 is 0 Å². The number of rotatable bonds is 22. The van der Waals surface area contributed by atoms with Crippen molar-refractivity contribution >= 4 is 11.6 Å². The Hall–Kier alpha value is 0.0500. The van der Waals surface area contributed by atoms with Crippen molar-refractivity contribution in [3.63, 3.8) is 0 Å². The summed E-state index contributed by atoms with van der Waals surface area (Å²) in [5, 5.41) is 0. The second-order valence-corrected chi connectivity index (χ2v) is 5.80. The Morgan fingerprint density at radius 3 is 1.16 bits per heavy atom. The van der Waals surface area contributed by atoms with Crippen molar-refractivity contribution in [1.82, 2.24) is 0 Å². The first-order valence-electron chi connectivity index (χ1n) is 9.44. The molecule has 0 bridgehead atoms. The van der Waals surface area contributed by atoms with Gasteiger partial charge >= 0.3 is 0 Å². The Morgan fingerprint density at radius 2 is 0.800 bits per heavy atom. The zero-order valence-electron chi connectivity index (χ0n) is 15.8. The first-order chi connectivity index (χ1) is 12.4. The molecule has 6 nitrogen and oxygen atoms in total. The molecule has 0 aliphatic heterocycles. The fourth-order valence-electron chi connectivity index (χ4n) is 1.89. The highest BCUT2D eigenvalue weighted by Gasteiger charge is 1.94. The van der Waals surface area contributed by atoms with Gasteiger partial charge in [0.1, 0.15) is 0 Å². The third kappa shape index (κ3) is 24.1. The average molecular weight is 385 g/mol. The van der Waals surface area contributed by atoms with Crippen LogP contribution in [-0.2, 0) is 28.4 Å². The van der Waals surface area contributed by atoms with Crippen molar-refractivity contribution in [2.75, 3.05) is 85.2 Å². The van der Waals surface area contributed by atoms with Gasteiger partial charge < -0.3 is 28.4 Å². The van der Waals surface area contributed by atoms with E-state index in [-0.39, 0.29) is 0 Å². The SMILES string of the molecule is CCCCCCOCCOCCOCCOCCOCCOCCCl. The van der Waals surface area contributed by atoms with E-state index >= 15 is 0 Å². The standard InChI is InChI=1S/C18H37ClO6/c1-2-3-4-5-7-20-9-11-22-13-15-24-17-18-25-16-14-23-12-10-21-8-6-19/h2-18H2,1H3. The van der Waals surface area contributed by atoms with Crippen LogP contribution in [0.4, 0.5) is 0 Å². The second kappa shape index (κ2) is 24.1. The van der Waals surface area contributed by atoms with Gasteiger partial charge in [0.25, 0.3) is 0 Å². The molecule has 0 aromatic heterocycles. The molecule has 0 spiro atoms. The molecule has 0 saturated carbocycles. The van der Waals surface area contributed by atoms with E-state index in [9.17, 15) is 0 Å². The van der Waals surface area contributed by atoms with Gasteiger partial charge in [-0.1, -0.05) is 26.2 Å². The number of halogens is 1. The quantitative estimate of drug-likeness (QED) is 0.211. The van der Waals surface area contributed by atoms with Gasteiger partial charge in [-0.05, 0) is 6.42 Å². The molecule has 0 aromatic carbocycles. The van der Waals surface area contributed by atoms with Crippen molar-refractivity contribution in [1.29, 1.82) is 0 Å². The first kappa shape index (κ1) is 25.1. The van der Waals surface area contributed by atoms with E-state index < -0.39 is 0 Å². The smallest absolute Gasteiger partial charge is 0.0701 e. The molecule has 0 aromatic rings. The van der Waals surface area contributed by atoms with Gasteiger partial charge in [-0.2, -0.15) is 0 Å². The van der Waals surface area contributed by atoms with E-state index in [1.807, 2.05) is 0 Å². The monoisotopic (exact) mass is 384 g/mol. The molecule has 0 radical (unpaired) electrons. The van der Waals surface area contributed by atoms with Crippen LogP contribution in [0, 0.1) is 0 Å². The fourth-order valence-corrected chi connectivity index (χ4v) is 2.00. The summed E-state index contributed by atoms with van der Waals surface area (Å²) in [7, 11) is 0. The number of ether oxygens (including phenoxy) is 6. The second-order valence-electron chi connectivity index (χ2n) is 5.42. The summed E-state index contributed by atoms with van der Waals surface area (Å²) in [5.74, 6) is 0.515. The maximum atomic E-state index is 5.49. The minimum atomic E-state index is 0.515. The van der Waals surface area contributed by atoms with Gasteiger partial charge in [-0.25, -0.2) is 0 Å². The predicted molar refractivity (Wildman–Crippen MR) is 99.8 cm³/mol. The predicted octanol–water partition coefficient (Wildman–Crippen LogP) is 2.91. The summed E-state index contributed by atoms with van der Waals surface area (Å²) in [6.45, 7) is 9.44. The Balaban J connectivity index is 2.94. The zero-order chi connectivity index (χ0) is 18.3. The fraction of sp³-hybridized carbons (Fsp3) is 1.00. The van der Waals surface area contributed by atoms with Crippen LogP contribution in [0.1, 0.15) is 32.6 Å². The van der Waals surface area contributed by atoms with E-state index in [1.165, 1.54) is 19.3 Å². The molecule has 0 saturated heterocycles. The Bertz CT molecular complexity index is 212. The summed E-state index contributed by atoms with van der Waals surface area (Å²) < 4.78 is 32.2. The molecule has 0 atom stereocenters. The average Bonchev–Trinajstić information content (AvgIpc) is 2.63. The van der Waals surface area contributed by atoms with E-state index in [2.05, 4.69) is 6.92 Å². The minimum Gasteiger partial charge on any atom is -0.379 e. The van der Waals surface area contributed by atoms with Crippen molar-refractivity contribution in [2.24, 2.45) is 0 Å². The lowest BCUT2D eigenvalue weighted by Gasteiger charge is -2.08. The molecule has 0 heterocycles. The van der Waals surface area contributed by atoms with Crippen molar-refractivity contribution < 1.29 is 28.4 Å². The number of hydrogen-bond acceptors (Lipinski definition) is 6. The molecule has 152 valence electrons. The number of unbranched alkanes of at least 4 members (excludes halogenated alkanes) is 3. The Kier molecular flexibility index (Phi) is 24.1. The van der Waals surface area contributed by atoms with Gasteiger partial charge in [-0.3, -0.25) is 0 Å². The summed E-state index contributed by atoms with van der Waals surface area (Å²) in [5.41, 5.74) is 0. The topological polar surface area (TPSA) is 55.4 Å². The Morgan fingerprint density at radius 1 is 0.440 bits per heavy atom. The van der Waals surface area contributed by atoms with Crippen molar-refractivity contribution in [2.45, 2.75) is 32.6 Å². The Labute approximate surface area is 158 Å². The van der Waals surface area contributed by atoms with Crippen LogP contribution >= 0.6 is 11.6 Å². The zero-order valence-corrected chi connectivity index (χ0v) is 16.6. The third-order valence-corrected chi connectivity index (χ3v) is 3.38. The molecule has 0 aliphatic rings. The van der Waals surface area contributed by atoms with Crippen LogP contribution in [-0.4, -0.2) is 85.2 Å². The maximum Gasteiger partial charge on any atom is 0.0701 e. The van der Waals surface area contributed by atoms with E-state index in [4.69, 9.17) is 40.0 Å². The molecule has 0 amide bonds. The van der Waals surface area contributed by atoms with Gasteiger partial charge in [0.05, 0.1) is 72.7 Å². The van der Waals surface area contributed by atoms with Crippen LogP contribution in [0.15, 0.2) is 0 Å². The van der Waals surface area contributed by atoms with E-state index in [0.717, 1.165) is 13.0 Å². The lowest BCUT2D eigenvalue weighted by molar-refractivity contribution is -0.0162. The molecule has 0 fully saturated rings. The first-order valence-corrected chi connectivity index (χ1v) is 9.97. The van der Waals surface area contributed by atoms with Gasteiger partial charge in [0.2, 0.25) is 0 Å². The third-order valence-electron chi connectivity index (χ3n) is 3.22. The summed E-state index contributed by atoms with van der Waals surface area (Å²) in [4.78, 5) is 0. The molecular weight excluding hydrogens is 348 g/mol. The molecule has 0 N–H and O–H groups in total. The van der Waals surface area contributed by atoms with Crippen LogP contribution in [0.3, 0.4) is 0 Å².